The van der Waals surface area contributed by atoms with Gasteiger partial charge in [-0.3, -0.25) is 10.1 Å². The predicted octanol–water partition coefficient (Wildman–Crippen LogP) is 3.39. The van der Waals surface area contributed by atoms with Gasteiger partial charge in [-0.2, -0.15) is 0 Å². The summed E-state index contributed by atoms with van der Waals surface area (Å²) in [7, 11) is 1.69. The number of halogens is 1. The maximum absolute atomic E-state index is 13.4. The number of hydrogen-bond acceptors (Lipinski definition) is 4. The lowest BCUT2D eigenvalue weighted by Gasteiger charge is -2.45. The van der Waals surface area contributed by atoms with E-state index in [1.165, 1.54) is 12.1 Å². The molecule has 33 heavy (non-hydrogen) atoms. The van der Waals surface area contributed by atoms with Crippen molar-refractivity contribution >= 4 is 28.9 Å². The second-order valence-electron chi connectivity index (χ2n) is 8.68. The Labute approximate surface area is 200 Å². The first-order valence-electron chi connectivity index (χ1n) is 11.4. The summed E-state index contributed by atoms with van der Waals surface area (Å²) in [6.07, 6.45) is 3.04. The third-order valence-corrected chi connectivity index (χ3v) is 6.87. The lowest BCUT2D eigenvalue weighted by molar-refractivity contribution is -0.133. The zero-order chi connectivity index (χ0) is 23.3. The van der Waals surface area contributed by atoms with Crippen LogP contribution >= 0.6 is 12.2 Å². The average Bonchev–Trinajstić information content (AvgIpc) is 3.07. The lowest BCUT2D eigenvalue weighted by atomic mass is 9.95. The minimum Gasteiger partial charge on any atom is -0.385 e. The summed E-state index contributed by atoms with van der Waals surface area (Å²) in [5.41, 5.74) is 1.55. The molecule has 0 bridgehead atoms. The van der Waals surface area contributed by atoms with E-state index in [0.717, 1.165) is 43.6 Å². The fraction of sp³-hybridized carbons (Fsp3) is 0.440. The third kappa shape index (κ3) is 5.51. The lowest BCUT2D eigenvalue weighted by Crippen LogP contribution is -2.60. The second-order valence-corrected chi connectivity index (χ2v) is 9.07. The molecule has 8 heteroatoms. The van der Waals surface area contributed by atoms with Crippen LogP contribution in [0.1, 0.15) is 24.8 Å². The van der Waals surface area contributed by atoms with Gasteiger partial charge in [-0.15, -0.1) is 0 Å². The summed E-state index contributed by atoms with van der Waals surface area (Å²) in [6.45, 7) is 2.75. The predicted molar refractivity (Wildman–Crippen MR) is 131 cm³/mol. The molecule has 1 amide bonds. The first-order valence-corrected chi connectivity index (χ1v) is 11.9. The van der Waals surface area contributed by atoms with E-state index in [0.29, 0.717) is 24.7 Å². The van der Waals surface area contributed by atoms with E-state index in [1.54, 1.807) is 19.2 Å². The first kappa shape index (κ1) is 23.6. The Morgan fingerprint density at radius 2 is 1.88 bits per heavy atom. The van der Waals surface area contributed by atoms with Gasteiger partial charge in [-0.05, 0) is 54.9 Å². The number of anilines is 1. The van der Waals surface area contributed by atoms with E-state index in [2.05, 4.69) is 27.7 Å². The van der Waals surface area contributed by atoms with E-state index < -0.39 is 0 Å². The van der Waals surface area contributed by atoms with Crippen molar-refractivity contribution in [1.29, 1.82) is 0 Å². The molecule has 2 N–H and O–H groups in total. The molecule has 0 radical (unpaired) electrons. The normalized spacial score (nSPS) is 19.8. The highest BCUT2D eigenvalue weighted by molar-refractivity contribution is 7.80. The molecule has 4 rings (SSSR count). The third-order valence-electron chi connectivity index (χ3n) is 6.51. The average molecular weight is 471 g/mol. The Morgan fingerprint density at radius 3 is 2.55 bits per heavy atom. The van der Waals surface area contributed by atoms with Gasteiger partial charge in [0.25, 0.3) is 0 Å². The first-order chi connectivity index (χ1) is 16.0. The van der Waals surface area contributed by atoms with Gasteiger partial charge in [-0.1, -0.05) is 30.3 Å². The summed E-state index contributed by atoms with van der Waals surface area (Å²) in [5.74, 6) is -0.114. The second kappa shape index (κ2) is 10.6. The SMILES string of the molecule is COCCCN1C(=O)C(Cc2ccccc2)NC12CCN(C(=S)Nc1ccc(F)cc1)CC2. The molecule has 0 aromatic heterocycles. The van der Waals surface area contributed by atoms with Crippen LogP contribution in [0, 0.1) is 5.82 Å². The summed E-state index contributed by atoms with van der Waals surface area (Å²) in [4.78, 5) is 17.6. The highest BCUT2D eigenvalue weighted by Gasteiger charge is 2.51. The van der Waals surface area contributed by atoms with Crippen molar-refractivity contribution in [3.8, 4) is 0 Å². The van der Waals surface area contributed by atoms with Crippen molar-refractivity contribution in [1.82, 2.24) is 15.1 Å². The Hall–Kier alpha value is -2.55. The van der Waals surface area contributed by atoms with Gasteiger partial charge in [0.2, 0.25) is 5.91 Å². The van der Waals surface area contributed by atoms with Gasteiger partial charge in [0.15, 0.2) is 5.11 Å². The van der Waals surface area contributed by atoms with Crippen LogP contribution in [-0.2, 0) is 16.0 Å². The molecule has 1 unspecified atom stereocenters. The number of nitrogens with zero attached hydrogens (tertiary/aromatic N) is 2. The van der Waals surface area contributed by atoms with Crippen LogP contribution in [-0.4, -0.2) is 65.9 Å². The van der Waals surface area contributed by atoms with Crippen molar-refractivity contribution in [3.05, 3.63) is 66.0 Å². The summed E-state index contributed by atoms with van der Waals surface area (Å²) in [6, 6.07) is 16.1. The Kier molecular flexibility index (Phi) is 7.57. The topological polar surface area (TPSA) is 56.8 Å². The largest absolute Gasteiger partial charge is 0.385 e. The standard InChI is InChI=1S/C25H31FN4O2S/c1-32-17-5-14-30-23(31)22(18-19-6-3-2-4-7-19)28-25(30)12-15-29(16-13-25)24(33)27-21-10-8-20(26)9-11-21/h2-4,6-11,22,28H,5,12-18H2,1H3,(H,27,33). The molecule has 176 valence electrons. The molecule has 2 heterocycles. The summed E-state index contributed by atoms with van der Waals surface area (Å²) >= 11 is 5.60. The number of thiocarbonyl (C=S) groups is 1. The van der Waals surface area contributed by atoms with Crippen LogP contribution in [0.5, 0.6) is 0 Å². The molecule has 1 atom stereocenters. The number of likely N-dealkylation sites (tertiary alicyclic amines) is 1. The van der Waals surface area contributed by atoms with Crippen molar-refractivity contribution in [2.24, 2.45) is 0 Å². The maximum Gasteiger partial charge on any atom is 0.241 e. The number of piperidine rings is 1. The number of benzene rings is 2. The molecule has 1 spiro atoms. The summed E-state index contributed by atoms with van der Waals surface area (Å²) < 4.78 is 18.4. The van der Waals surface area contributed by atoms with Crippen LogP contribution in [0.15, 0.2) is 54.6 Å². The maximum atomic E-state index is 13.4. The van der Waals surface area contributed by atoms with Crippen LogP contribution in [0.2, 0.25) is 0 Å². The van der Waals surface area contributed by atoms with Gasteiger partial charge in [0, 0.05) is 51.9 Å². The number of carbonyl (C=O) groups is 1. The number of hydrogen-bond donors (Lipinski definition) is 2. The highest BCUT2D eigenvalue weighted by Crippen LogP contribution is 2.33. The van der Waals surface area contributed by atoms with E-state index in [9.17, 15) is 9.18 Å². The van der Waals surface area contributed by atoms with Crippen LogP contribution in [0.3, 0.4) is 0 Å². The van der Waals surface area contributed by atoms with Gasteiger partial charge in [-0.25, -0.2) is 4.39 Å². The molecule has 2 aromatic carbocycles. The van der Waals surface area contributed by atoms with Gasteiger partial charge >= 0.3 is 0 Å². The van der Waals surface area contributed by atoms with E-state index in [1.807, 2.05) is 23.1 Å². The smallest absolute Gasteiger partial charge is 0.241 e. The minimum absolute atomic E-state index is 0.162. The molecule has 0 aliphatic carbocycles. The highest BCUT2D eigenvalue weighted by atomic mass is 32.1. The van der Waals surface area contributed by atoms with Crippen molar-refractivity contribution in [2.45, 2.75) is 37.4 Å². The number of nitrogens with one attached hydrogen (secondary N) is 2. The van der Waals surface area contributed by atoms with Crippen LogP contribution in [0.4, 0.5) is 10.1 Å². The molecule has 2 aliphatic rings. The number of methoxy groups -OCH3 is 1. The number of amides is 1. The molecule has 2 aromatic rings. The fourth-order valence-electron chi connectivity index (χ4n) is 4.77. The quantitative estimate of drug-likeness (QED) is 0.478. The van der Waals surface area contributed by atoms with E-state index in [4.69, 9.17) is 17.0 Å². The fourth-order valence-corrected chi connectivity index (χ4v) is 5.07. The molecule has 2 aliphatic heterocycles. The Morgan fingerprint density at radius 1 is 1.18 bits per heavy atom. The van der Waals surface area contributed by atoms with E-state index >= 15 is 0 Å². The number of carbonyl (C=O) groups excluding carboxylic acids is 1. The molecule has 0 saturated carbocycles. The Bertz CT molecular complexity index is 949. The molecule has 2 fully saturated rings. The number of rotatable bonds is 7. The molecular weight excluding hydrogens is 439 g/mol. The Balaban J connectivity index is 1.42. The van der Waals surface area contributed by atoms with Gasteiger partial charge in [0.05, 0.1) is 11.7 Å². The zero-order valence-electron chi connectivity index (χ0n) is 18.9. The minimum atomic E-state index is -0.369. The van der Waals surface area contributed by atoms with Crippen LogP contribution in [0.25, 0.3) is 0 Å². The van der Waals surface area contributed by atoms with Crippen LogP contribution < -0.4 is 10.6 Å². The molecular formula is C25H31FN4O2S. The number of ether oxygens (including phenoxy) is 1. The molecule has 2 saturated heterocycles. The van der Waals surface area contributed by atoms with Crippen molar-refractivity contribution in [3.63, 3.8) is 0 Å². The van der Waals surface area contributed by atoms with E-state index in [-0.39, 0.29) is 23.4 Å². The zero-order valence-corrected chi connectivity index (χ0v) is 19.7. The van der Waals surface area contributed by atoms with Crippen molar-refractivity contribution < 1.29 is 13.9 Å². The van der Waals surface area contributed by atoms with Gasteiger partial charge < -0.3 is 19.9 Å². The molecule has 6 nitrogen and oxygen atoms in total. The van der Waals surface area contributed by atoms with Gasteiger partial charge in [0.1, 0.15) is 5.82 Å². The van der Waals surface area contributed by atoms with Crippen molar-refractivity contribution in [2.75, 3.05) is 38.7 Å². The summed E-state index contributed by atoms with van der Waals surface area (Å²) in [5, 5.41) is 7.51. The monoisotopic (exact) mass is 470 g/mol.